The monoisotopic (exact) mass is 266 g/mol. The van der Waals surface area contributed by atoms with E-state index in [-0.39, 0.29) is 5.78 Å². The maximum Gasteiger partial charge on any atom is 0.193 e. The van der Waals surface area contributed by atoms with Gasteiger partial charge in [-0.05, 0) is 39.1 Å². The maximum atomic E-state index is 11.8. The van der Waals surface area contributed by atoms with Gasteiger partial charge in [0.1, 0.15) is 5.60 Å². The lowest BCUT2D eigenvalue weighted by Gasteiger charge is -2.18. The van der Waals surface area contributed by atoms with Gasteiger partial charge in [-0.15, -0.1) is 0 Å². The number of carbonyl (C=O) groups excluding carboxylic acids is 1. The molecule has 100 valence electrons. The average Bonchev–Trinajstić information content (AvgIpc) is 2.24. The molecule has 0 unspecified atom stereocenters. The molecule has 1 aromatic carbocycles. The molecule has 1 N–H and O–H groups in total. The highest BCUT2D eigenvalue weighted by Crippen LogP contribution is 2.15. The summed E-state index contributed by atoms with van der Waals surface area (Å²) in [7, 11) is -1.51. The number of hydrogen-bond acceptors (Lipinski definition) is 3. The molecule has 0 saturated heterocycles. The molecule has 0 heterocycles. The third kappa shape index (κ3) is 4.72. The highest BCUT2D eigenvalue weighted by molar-refractivity contribution is 6.69. The zero-order valence-corrected chi connectivity index (χ0v) is 12.8. The fourth-order valence-corrected chi connectivity index (χ4v) is 2.01. The summed E-state index contributed by atoms with van der Waals surface area (Å²) < 4.78 is 5.79. The predicted molar refractivity (Wildman–Crippen MR) is 75.2 cm³/mol. The number of rotatable bonds is 5. The molecule has 0 spiro atoms. The molecule has 4 heteroatoms. The molecule has 0 fully saturated rings. The van der Waals surface area contributed by atoms with Crippen LogP contribution in [0.2, 0.25) is 19.6 Å². The molecular weight excluding hydrogens is 244 g/mol. The van der Waals surface area contributed by atoms with Gasteiger partial charge in [-0.1, -0.05) is 24.3 Å². The second kappa shape index (κ2) is 5.34. The van der Waals surface area contributed by atoms with E-state index < -0.39 is 13.9 Å². The molecule has 0 amide bonds. The lowest BCUT2D eigenvalue weighted by atomic mass is 9.96. The average molecular weight is 266 g/mol. The largest absolute Gasteiger partial charge is 0.413 e. The van der Waals surface area contributed by atoms with Crippen molar-refractivity contribution in [3.8, 4) is 0 Å². The molecule has 0 radical (unpaired) electrons. The van der Waals surface area contributed by atoms with Gasteiger partial charge in [0, 0.05) is 5.56 Å². The highest BCUT2D eigenvalue weighted by atomic mass is 28.4. The SMILES string of the molecule is CC(C)(O)C(=O)c1ccc(CO[Si](C)(C)C)cc1. The Kier molecular flexibility index (Phi) is 4.48. The van der Waals surface area contributed by atoms with Gasteiger partial charge in [0.05, 0.1) is 6.61 Å². The van der Waals surface area contributed by atoms with E-state index in [2.05, 4.69) is 19.6 Å². The molecule has 0 aliphatic heterocycles. The van der Waals surface area contributed by atoms with E-state index in [9.17, 15) is 9.90 Å². The zero-order chi connectivity index (χ0) is 14.0. The first-order chi connectivity index (χ1) is 8.09. The fourth-order valence-electron chi connectivity index (χ4n) is 1.41. The first-order valence-corrected chi connectivity index (χ1v) is 9.50. The van der Waals surface area contributed by atoms with E-state index in [4.69, 9.17) is 4.43 Å². The number of carbonyl (C=O) groups is 1. The molecule has 18 heavy (non-hydrogen) atoms. The Hall–Kier alpha value is -0.973. The van der Waals surface area contributed by atoms with Gasteiger partial charge in [-0.25, -0.2) is 0 Å². The van der Waals surface area contributed by atoms with Crippen LogP contribution in [0.25, 0.3) is 0 Å². The summed E-state index contributed by atoms with van der Waals surface area (Å²) in [5.41, 5.74) is 0.250. The summed E-state index contributed by atoms with van der Waals surface area (Å²) in [5, 5.41) is 9.65. The van der Waals surface area contributed by atoms with Crippen LogP contribution in [0, 0.1) is 0 Å². The van der Waals surface area contributed by atoms with Gasteiger partial charge in [0.25, 0.3) is 0 Å². The molecule has 0 aromatic heterocycles. The van der Waals surface area contributed by atoms with Crippen molar-refractivity contribution in [3.63, 3.8) is 0 Å². The molecule has 0 aliphatic rings. The molecule has 1 rings (SSSR count). The number of aliphatic hydroxyl groups is 1. The van der Waals surface area contributed by atoms with Gasteiger partial charge in [-0.3, -0.25) is 4.79 Å². The van der Waals surface area contributed by atoms with Gasteiger partial charge >= 0.3 is 0 Å². The Bertz CT molecular complexity index is 410. The maximum absolute atomic E-state index is 11.8. The van der Waals surface area contributed by atoms with Crippen LogP contribution in [0.4, 0.5) is 0 Å². The lowest BCUT2D eigenvalue weighted by Crippen LogP contribution is -2.31. The summed E-state index contributed by atoms with van der Waals surface area (Å²) in [5.74, 6) is -0.264. The van der Waals surface area contributed by atoms with Crippen molar-refractivity contribution in [3.05, 3.63) is 35.4 Å². The number of benzene rings is 1. The van der Waals surface area contributed by atoms with E-state index in [1.165, 1.54) is 13.8 Å². The van der Waals surface area contributed by atoms with Gasteiger partial charge in [-0.2, -0.15) is 0 Å². The normalized spacial score (nSPS) is 12.6. The summed E-state index contributed by atoms with van der Waals surface area (Å²) in [6.07, 6.45) is 0. The Morgan fingerprint density at radius 3 is 2.11 bits per heavy atom. The molecule has 0 atom stereocenters. The predicted octanol–water partition coefficient (Wildman–Crippen LogP) is 2.99. The molecule has 0 bridgehead atoms. The zero-order valence-electron chi connectivity index (χ0n) is 11.8. The Morgan fingerprint density at radius 1 is 1.22 bits per heavy atom. The fraction of sp³-hybridized carbons (Fsp3) is 0.500. The minimum absolute atomic E-state index is 0.264. The summed E-state index contributed by atoms with van der Waals surface area (Å²) in [6.45, 7) is 9.99. The molecule has 3 nitrogen and oxygen atoms in total. The van der Waals surface area contributed by atoms with E-state index >= 15 is 0 Å². The highest BCUT2D eigenvalue weighted by Gasteiger charge is 2.24. The molecule has 1 aromatic rings. The quantitative estimate of drug-likeness (QED) is 0.658. The van der Waals surface area contributed by atoms with Crippen LogP contribution in [0.3, 0.4) is 0 Å². The van der Waals surface area contributed by atoms with Crippen molar-refractivity contribution in [2.75, 3.05) is 0 Å². The van der Waals surface area contributed by atoms with Crippen LogP contribution in [-0.4, -0.2) is 24.8 Å². The van der Waals surface area contributed by atoms with Crippen LogP contribution in [0.15, 0.2) is 24.3 Å². The van der Waals surface area contributed by atoms with Crippen molar-refractivity contribution in [1.82, 2.24) is 0 Å². The van der Waals surface area contributed by atoms with Crippen LogP contribution >= 0.6 is 0 Å². The molecular formula is C14H22O3Si. The minimum Gasteiger partial charge on any atom is -0.413 e. The smallest absolute Gasteiger partial charge is 0.193 e. The second-order valence-electron chi connectivity index (χ2n) is 5.99. The van der Waals surface area contributed by atoms with Crippen LogP contribution in [-0.2, 0) is 11.0 Å². The minimum atomic E-state index is -1.51. The Balaban J connectivity index is 2.72. The van der Waals surface area contributed by atoms with Crippen molar-refractivity contribution in [1.29, 1.82) is 0 Å². The summed E-state index contributed by atoms with van der Waals surface area (Å²) in [4.78, 5) is 11.8. The van der Waals surface area contributed by atoms with Crippen molar-refractivity contribution < 1.29 is 14.3 Å². The number of Topliss-reactive ketones (excluding diaryl/α,β-unsaturated/α-hetero) is 1. The van der Waals surface area contributed by atoms with Crippen molar-refractivity contribution in [2.45, 2.75) is 45.7 Å². The van der Waals surface area contributed by atoms with Crippen LogP contribution in [0.1, 0.15) is 29.8 Å². The first-order valence-electron chi connectivity index (χ1n) is 6.10. The third-order valence-electron chi connectivity index (χ3n) is 2.44. The number of ketones is 1. The Morgan fingerprint density at radius 2 is 1.72 bits per heavy atom. The Labute approximate surface area is 110 Å². The molecule has 0 aliphatic carbocycles. The number of hydrogen-bond donors (Lipinski definition) is 1. The third-order valence-corrected chi connectivity index (χ3v) is 3.45. The van der Waals surface area contributed by atoms with E-state index in [0.717, 1.165) is 5.56 Å². The van der Waals surface area contributed by atoms with Gasteiger partial charge < -0.3 is 9.53 Å². The van der Waals surface area contributed by atoms with Gasteiger partial charge in [0.15, 0.2) is 14.1 Å². The van der Waals surface area contributed by atoms with Crippen LogP contribution in [0.5, 0.6) is 0 Å². The van der Waals surface area contributed by atoms with Crippen molar-refractivity contribution in [2.24, 2.45) is 0 Å². The second-order valence-corrected chi connectivity index (χ2v) is 10.5. The van der Waals surface area contributed by atoms with Crippen LogP contribution < -0.4 is 0 Å². The van der Waals surface area contributed by atoms with Crippen molar-refractivity contribution >= 4 is 14.1 Å². The van der Waals surface area contributed by atoms with Gasteiger partial charge in [0.2, 0.25) is 0 Å². The summed E-state index contributed by atoms with van der Waals surface area (Å²) in [6, 6.07) is 7.23. The van der Waals surface area contributed by atoms with E-state index in [0.29, 0.717) is 12.2 Å². The first kappa shape index (κ1) is 15.1. The topological polar surface area (TPSA) is 46.5 Å². The van der Waals surface area contributed by atoms with E-state index in [1.807, 2.05) is 12.1 Å². The summed E-state index contributed by atoms with van der Waals surface area (Å²) >= 11 is 0. The standard InChI is InChI=1S/C14H22O3Si/c1-14(2,16)13(15)12-8-6-11(7-9-12)10-17-18(3,4)5/h6-9,16H,10H2,1-5H3. The molecule has 0 saturated carbocycles. The lowest BCUT2D eigenvalue weighted by molar-refractivity contribution is 0.0488. The van der Waals surface area contributed by atoms with E-state index in [1.54, 1.807) is 12.1 Å².